The van der Waals surface area contributed by atoms with Crippen molar-refractivity contribution in [1.29, 1.82) is 0 Å². The van der Waals surface area contributed by atoms with Crippen molar-refractivity contribution < 1.29 is 9.47 Å². The van der Waals surface area contributed by atoms with Crippen LogP contribution in [0.15, 0.2) is 6.33 Å². The number of hydrogen-bond acceptors (Lipinski definition) is 6. The van der Waals surface area contributed by atoms with E-state index in [-0.39, 0.29) is 6.04 Å². The Balaban J connectivity index is 2.88. The largest absolute Gasteiger partial charge is 0.476 e. The molecule has 0 aliphatic carbocycles. The molecule has 1 aromatic rings. The monoisotopic (exact) mass is 254 g/mol. The van der Waals surface area contributed by atoms with E-state index in [2.05, 4.69) is 9.97 Å². The van der Waals surface area contributed by atoms with Gasteiger partial charge in [-0.25, -0.2) is 4.98 Å². The molecular formula is C12H22N4O2. The van der Waals surface area contributed by atoms with Gasteiger partial charge in [-0.3, -0.25) is 0 Å². The van der Waals surface area contributed by atoms with E-state index in [1.165, 1.54) is 6.33 Å². The summed E-state index contributed by atoms with van der Waals surface area (Å²) in [4.78, 5) is 10.2. The first-order valence-electron chi connectivity index (χ1n) is 6.06. The predicted molar refractivity (Wildman–Crippen MR) is 72.0 cm³/mol. The third kappa shape index (κ3) is 3.46. The number of aromatic nitrogens is 2. The van der Waals surface area contributed by atoms with Crippen molar-refractivity contribution in [2.45, 2.75) is 26.3 Å². The van der Waals surface area contributed by atoms with Gasteiger partial charge in [0.25, 0.3) is 0 Å². The number of anilines is 2. The van der Waals surface area contributed by atoms with Gasteiger partial charge in [-0.1, -0.05) is 6.92 Å². The zero-order valence-electron chi connectivity index (χ0n) is 11.5. The highest BCUT2D eigenvalue weighted by Gasteiger charge is 2.17. The van der Waals surface area contributed by atoms with E-state index in [1.807, 2.05) is 25.8 Å². The molecule has 2 N–H and O–H groups in total. The first kappa shape index (κ1) is 14.5. The molecule has 1 aromatic heterocycles. The van der Waals surface area contributed by atoms with Gasteiger partial charge in [0.05, 0.1) is 19.3 Å². The molecule has 6 heteroatoms. The fourth-order valence-corrected chi connectivity index (χ4v) is 1.53. The van der Waals surface area contributed by atoms with E-state index in [4.69, 9.17) is 15.2 Å². The summed E-state index contributed by atoms with van der Waals surface area (Å²) in [6, 6.07) is 0.172. The summed E-state index contributed by atoms with van der Waals surface area (Å²) in [5.41, 5.74) is 6.50. The van der Waals surface area contributed by atoms with E-state index in [0.717, 1.165) is 6.42 Å². The summed E-state index contributed by atoms with van der Waals surface area (Å²) in [5, 5.41) is 0. The lowest BCUT2D eigenvalue weighted by atomic mass is 10.3. The van der Waals surface area contributed by atoms with Gasteiger partial charge < -0.3 is 20.1 Å². The lowest BCUT2D eigenvalue weighted by Gasteiger charge is -2.26. The van der Waals surface area contributed by atoms with Crippen LogP contribution in [0.4, 0.5) is 11.5 Å². The van der Waals surface area contributed by atoms with Crippen molar-refractivity contribution in [3.63, 3.8) is 0 Å². The average molecular weight is 254 g/mol. The van der Waals surface area contributed by atoms with Crippen LogP contribution in [0.5, 0.6) is 5.88 Å². The van der Waals surface area contributed by atoms with Gasteiger partial charge in [-0.15, -0.1) is 0 Å². The number of nitrogens with zero attached hydrogens (tertiary/aromatic N) is 3. The molecule has 0 saturated carbocycles. The Kier molecular flexibility index (Phi) is 5.64. The Morgan fingerprint density at radius 1 is 1.44 bits per heavy atom. The van der Waals surface area contributed by atoms with Crippen LogP contribution in [-0.4, -0.2) is 43.4 Å². The number of methoxy groups -OCH3 is 1. The third-order valence-electron chi connectivity index (χ3n) is 2.67. The van der Waals surface area contributed by atoms with Crippen LogP contribution in [0.25, 0.3) is 0 Å². The molecule has 1 unspecified atom stereocenters. The van der Waals surface area contributed by atoms with Crippen molar-refractivity contribution in [3.8, 4) is 5.88 Å². The molecule has 0 bridgehead atoms. The number of nitrogens with two attached hydrogens (primary N) is 1. The van der Waals surface area contributed by atoms with Gasteiger partial charge in [0.15, 0.2) is 5.82 Å². The first-order valence-corrected chi connectivity index (χ1v) is 6.06. The highest BCUT2D eigenvalue weighted by atomic mass is 16.5. The van der Waals surface area contributed by atoms with Crippen molar-refractivity contribution in [3.05, 3.63) is 6.33 Å². The number of hydrogen-bond donors (Lipinski definition) is 1. The third-order valence-corrected chi connectivity index (χ3v) is 2.67. The minimum absolute atomic E-state index is 0.172. The maximum atomic E-state index is 6.03. The molecule has 0 saturated heterocycles. The second-order valence-electron chi connectivity index (χ2n) is 4.18. The van der Waals surface area contributed by atoms with E-state index in [0.29, 0.717) is 30.6 Å². The van der Waals surface area contributed by atoms with Gasteiger partial charge in [-0.05, 0) is 13.3 Å². The van der Waals surface area contributed by atoms with Gasteiger partial charge in [-0.2, -0.15) is 4.98 Å². The van der Waals surface area contributed by atoms with Crippen LogP contribution in [0.2, 0.25) is 0 Å². The number of likely N-dealkylation sites (N-methyl/N-ethyl adjacent to an activating group) is 1. The Bertz CT molecular complexity index is 373. The highest BCUT2D eigenvalue weighted by molar-refractivity contribution is 5.67. The molecule has 0 radical (unpaired) electrons. The second-order valence-corrected chi connectivity index (χ2v) is 4.18. The molecular weight excluding hydrogens is 232 g/mol. The average Bonchev–Trinajstić information content (AvgIpc) is 2.37. The van der Waals surface area contributed by atoms with E-state index < -0.39 is 0 Å². The fraction of sp³-hybridized carbons (Fsp3) is 0.667. The lowest BCUT2D eigenvalue weighted by molar-refractivity contribution is 0.183. The summed E-state index contributed by atoms with van der Waals surface area (Å²) in [7, 11) is 3.59. The minimum atomic E-state index is 0.172. The SMILES string of the molecule is CCCOc1ncnc(N(C)C(C)COC)c1N. The van der Waals surface area contributed by atoms with Crippen molar-refractivity contribution in [1.82, 2.24) is 9.97 Å². The van der Waals surface area contributed by atoms with Gasteiger partial charge >= 0.3 is 0 Å². The summed E-state index contributed by atoms with van der Waals surface area (Å²) in [6.07, 6.45) is 2.38. The maximum absolute atomic E-state index is 6.03. The van der Waals surface area contributed by atoms with Gasteiger partial charge in [0.1, 0.15) is 12.0 Å². The molecule has 0 amide bonds. The van der Waals surface area contributed by atoms with Crippen molar-refractivity contribution >= 4 is 11.5 Å². The normalized spacial score (nSPS) is 12.2. The molecule has 6 nitrogen and oxygen atoms in total. The quantitative estimate of drug-likeness (QED) is 0.791. The molecule has 1 atom stereocenters. The zero-order chi connectivity index (χ0) is 13.5. The molecule has 0 aliphatic heterocycles. The van der Waals surface area contributed by atoms with Crippen molar-refractivity contribution in [2.24, 2.45) is 0 Å². The summed E-state index contributed by atoms with van der Waals surface area (Å²) in [5.74, 6) is 1.11. The predicted octanol–water partition coefficient (Wildman–Crippen LogP) is 1.32. The number of ether oxygens (including phenoxy) is 2. The summed E-state index contributed by atoms with van der Waals surface area (Å²) < 4.78 is 10.6. The number of rotatable bonds is 7. The summed E-state index contributed by atoms with van der Waals surface area (Å²) in [6.45, 7) is 5.27. The first-order chi connectivity index (χ1) is 8.61. The highest BCUT2D eigenvalue weighted by Crippen LogP contribution is 2.28. The minimum Gasteiger partial charge on any atom is -0.476 e. The molecule has 0 spiro atoms. The zero-order valence-corrected chi connectivity index (χ0v) is 11.5. The second kappa shape index (κ2) is 7.00. The van der Waals surface area contributed by atoms with Crippen LogP contribution in [-0.2, 0) is 4.74 Å². The van der Waals surface area contributed by atoms with E-state index in [1.54, 1.807) is 7.11 Å². The van der Waals surface area contributed by atoms with Crippen LogP contribution < -0.4 is 15.4 Å². The Morgan fingerprint density at radius 3 is 2.78 bits per heavy atom. The van der Waals surface area contributed by atoms with E-state index >= 15 is 0 Å². The lowest BCUT2D eigenvalue weighted by Crippen LogP contribution is -2.34. The standard InChI is InChI=1S/C12H22N4O2/c1-5-6-18-12-10(13)11(14-8-15-12)16(3)9(2)7-17-4/h8-9H,5-7,13H2,1-4H3. The molecule has 0 aromatic carbocycles. The molecule has 102 valence electrons. The smallest absolute Gasteiger partial charge is 0.242 e. The van der Waals surface area contributed by atoms with Gasteiger partial charge in [0, 0.05) is 14.2 Å². The topological polar surface area (TPSA) is 73.5 Å². The molecule has 0 aliphatic rings. The Labute approximate surface area is 108 Å². The molecule has 0 fully saturated rings. The number of nitrogen functional groups attached to an aromatic ring is 1. The molecule has 1 heterocycles. The Morgan fingerprint density at radius 2 is 2.17 bits per heavy atom. The van der Waals surface area contributed by atoms with Gasteiger partial charge in [0.2, 0.25) is 5.88 Å². The van der Waals surface area contributed by atoms with E-state index in [9.17, 15) is 0 Å². The van der Waals surface area contributed by atoms with Crippen LogP contribution in [0, 0.1) is 0 Å². The van der Waals surface area contributed by atoms with Crippen LogP contribution in [0.1, 0.15) is 20.3 Å². The molecule has 1 rings (SSSR count). The van der Waals surface area contributed by atoms with Crippen molar-refractivity contribution in [2.75, 3.05) is 38.0 Å². The Hall–Kier alpha value is -1.56. The van der Waals surface area contributed by atoms with Crippen LogP contribution >= 0.6 is 0 Å². The molecule has 18 heavy (non-hydrogen) atoms. The maximum Gasteiger partial charge on any atom is 0.242 e. The summed E-state index contributed by atoms with van der Waals surface area (Å²) >= 11 is 0. The fourth-order valence-electron chi connectivity index (χ4n) is 1.53. The van der Waals surface area contributed by atoms with Crippen LogP contribution in [0.3, 0.4) is 0 Å².